The summed E-state index contributed by atoms with van der Waals surface area (Å²) in [4.78, 5) is 12.8. The maximum Gasteiger partial charge on any atom is 0.223 e. The molecular weight excluding hydrogens is 358 g/mol. The summed E-state index contributed by atoms with van der Waals surface area (Å²) in [6.45, 7) is -0.438. The van der Waals surface area contributed by atoms with Crippen molar-refractivity contribution in [2.75, 3.05) is 13.2 Å². The molecule has 2 aliphatic heterocycles. The van der Waals surface area contributed by atoms with E-state index in [1.54, 1.807) is 0 Å². The third-order valence-electron chi connectivity index (χ3n) is 4.65. The fraction of sp³-hybridized carbons (Fsp3) is 0.929. The lowest BCUT2D eigenvalue weighted by Gasteiger charge is -2.50. The Kier molecular flexibility index (Phi) is 6.90. The first kappa shape index (κ1) is 21.4. The van der Waals surface area contributed by atoms with Crippen molar-refractivity contribution in [3.63, 3.8) is 0 Å². The Morgan fingerprint density at radius 3 is 1.35 bits per heavy atom. The van der Waals surface area contributed by atoms with Crippen LogP contribution in [0.4, 0.5) is 0 Å². The summed E-state index contributed by atoms with van der Waals surface area (Å²) in [5.74, 6) is -0.807. The maximum atomic E-state index is 12.1. The van der Waals surface area contributed by atoms with E-state index < -0.39 is 80.4 Å². The highest BCUT2D eigenvalue weighted by Gasteiger charge is 2.53. The van der Waals surface area contributed by atoms with Gasteiger partial charge in [0, 0.05) is 6.92 Å². The van der Waals surface area contributed by atoms with Crippen LogP contribution in [0.1, 0.15) is 6.92 Å². The molecule has 10 atom stereocenters. The fourth-order valence-corrected chi connectivity index (χ4v) is 3.13. The van der Waals surface area contributed by atoms with Crippen LogP contribution in [0.25, 0.3) is 0 Å². The van der Waals surface area contributed by atoms with Gasteiger partial charge in [0.25, 0.3) is 0 Å². The zero-order valence-corrected chi connectivity index (χ0v) is 13.9. The molecule has 10 unspecified atom stereocenters. The molecule has 0 spiro atoms. The van der Waals surface area contributed by atoms with Crippen molar-refractivity contribution in [1.29, 1.82) is 0 Å². The normalized spacial score (nSPS) is 46.8. The zero-order chi connectivity index (χ0) is 19.8. The first-order valence-corrected chi connectivity index (χ1v) is 8.05. The molecule has 12 heteroatoms. The molecule has 2 fully saturated rings. The summed E-state index contributed by atoms with van der Waals surface area (Å²) < 4.78 is 10.6. The summed E-state index contributed by atoms with van der Waals surface area (Å²) in [7, 11) is 0. The van der Waals surface area contributed by atoms with Gasteiger partial charge in [-0.15, -0.1) is 0 Å². The number of amides is 1. The highest BCUT2D eigenvalue weighted by Crippen LogP contribution is 2.30. The Hall–Kier alpha value is -0.930. The summed E-state index contributed by atoms with van der Waals surface area (Å²) in [5, 5.41) is 78.3. The van der Waals surface area contributed by atoms with Crippen LogP contribution in [-0.2, 0) is 14.3 Å². The smallest absolute Gasteiger partial charge is 0.223 e. The van der Waals surface area contributed by atoms with Gasteiger partial charge in [-0.25, -0.2) is 0 Å². The summed E-state index contributed by atoms with van der Waals surface area (Å²) in [6.07, 6.45) is -16.5. The average Bonchev–Trinajstić information content (AvgIpc) is 2.61. The minimum absolute atomic E-state index is 0.671. The Morgan fingerprint density at radius 2 is 1.08 bits per heavy atom. The van der Waals surface area contributed by atoms with Gasteiger partial charge in [0.1, 0.15) is 48.8 Å². The van der Waals surface area contributed by atoms with Crippen molar-refractivity contribution >= 4 is 5.91 Å². The fourth-order valence-electron chi connectivity index (χ4n) is 3.13. The molecule has 2 saturated heterocycles. The highest BCUT2D eigenvalue weighted by atomic mass is 16.6. The number of nitrogens with zero attached hydrogens (tertiary/aromatic N) is 1. The van der Waals surface area contributed by atoms with Gasteiger partial charge in [0.05, 0.1) is 13.2 Å². The number of hydrogen-bond donors (Lipinski definition) is 8. The van der Waals surface area contributed by atoms with E-state index in [4.69, 9.17) is 9.47 Å². The molecule has 0 radical (unpaired) electrons. The molecule has 0 saturated carbocycles. The van der Waals surface area contributed by atoms with E-state index in [1.807, 2.05) is 0 Å². The van der Waals surface area contributed by atoms with Gasteiger partial charge in [-0.3, -0.25) is 9.69 Å². The molecule has 0 aromatic heterocycles. The van der Waals surface area contributed by atoms with Gasteiger partial charge in [-0.05, 0) is 0 Å². The van der Waals surface area contributed by atoms with E-state index in [2.05, 4.69) is 0 Å². The van der Waals surface area contributed by atoms with E-state index in [1.165, 1.54) is 0 Å². The van der Waals surface area contributed by atoms with E-state index in [9.17, 15) is 45.6 Å². The summed E-state index contributed by atoms with van der Waals surface area (Å²) >= 11 is 0. The van der Waals surface area contributed by atoms with Gasteiger partial charge in [0.2, 0.25) is 5.91 Å². The van der Waals surface area contributed by atoms with E-state index in [0.717, 1.165) is 6.92 Å². The number of hydrogen-bond acceptors (Lipinski definition) is 11. The molecule has 0 aromatic rings. The van der Waals surface area contributed by atoms with Crippen molar-refractivity contribution in [1.82, 2.24) is 4.90 Å². The molecule has 2 rings (SSSR count). The van der Waals surface area contributed by atoms with Crippen LogP contribution in [0.15, 0.2) is 0 Å². The predicted molar refractivity (Wildman–Crippen MR) is 80.1 cm³/mol. The maximum absolute atomic E-state index is 12.1. The van der Waals surface area contributed by atoms with Crippen LogP contribution in [0.3, 0.4) is 0 Å². The molecule has 12 nitrogen and oxygen atoms in total. The lowest BCUT2D eigenvalue weighted by molar-refractivity contribution is -0.315. The van der Waals surface area contributed by atoms with Crippen LogP contribution in [-0.4, -0.2) is 126 Å². The second-order valence-electron chi connectivity index (χ2n) is 6.37. The lowest BCUT2D eigenvalue weighted by Crippen LogP contribution is -2.70. The molecule has 0 bridgehead atoms. The number of rotatable bonds is 4. The highest BCUT2D eigenvalue weighted by molar-refractivity contribution is 5.74. The van der Waals surface area contributed by atoms with Gasteiger partial charge < -0.3 is 50.3 Å². The minimum Gasteiger partial charge on any atom is -0.394 e. The minimum atomic E-state index is -1.83. The van der Waals surface area contributed by atoms with Crippen molar-refractivity contribution in [2.24, 2.45) is 0 Å². The van der Waals surface area contributed by atoms with E-state index >= 15 is 0 Å². The van der Waals surface area contributed by atoms with Crippen LogP contribution >= 0.6 is 0 Å². The second kappa shape index (κ2) is 8.39. The molecule has 2 aliphatic rings. The molecule has 8 N–H and O–H groups in total. The van der Waals surface area contributed by atoms with Crippen LogP contribution in [0, 0.1) is 0 Å². The number of ether oxygens (including phenoxy) is 2. The molecule has 26 heavy (non-hydrogen) atoms. The zero-order valence-electron chi connectivity index (χ0n) is 13.9. The summed E-state index contributed by atoms with van der Waals surface area (Å²) in [6, 6.07) is 0. The van der Waals surface area contributed by atoms with Gasteiger partial charge >= 0.3 is 0 Å². The predicted octanol–water partition coefficient (Wildman–Crippen LogP) is -5.57. The monoisotopic (exact) mass is 383 g/mol. The third kappa shape index (κ3) is 3.71. The third-order valence-corrected chi connectivity index (χ3v) is 4.65. The Balaban J connectivity index is 2.34. The number of aliphatic hydroxyl groups is 8. The Bertz CT molecular complexity index is 454. The molecule has 0 aliphatic carbocycles. The van der Waals surface area contributed by atoms with Crippen LogP contribution in [0.5, 0.6) is 0 Å². The Morgan fingerprint density at radius 1 is 0.731 bits per heavy atom. The van der Waals surface area contributed by atoms with E-state index in [0.29, 0.717) is 4.90 Å². The van der Waals surface area contributed by atoms with Crippen molar-refractivity contribution in [3.8, 4) is 0 Å². The first-order chi connectivity index (χ1) is 12.1. The number of aliphatic hydroxyl groups excluding tert-OH is 8. The summed E-state index contributed by atoms with van der Waals surface area (Å²) in [5.41, 5.74) is 0. The molecular formula is C14H25NO11. The van der Waals surface area contributed by atoms with Crippen LogP contribution in [0.2, 0.25) is 0 Å². The van der Waals surface area contributed by atoms with E-state index in [-0.39, 0.29) is 0 Å². The average molecular weight is 383 g/mol. The molecule has 152 valence electrons. The topological polar surface area (TPSA) is 201 Å². The molecule has 2 heterocycles. The lowest BCUT2D eigenvalue weighted by atomic mass is 9.95. The quantitative estimate of drug-likeness (QED) is 0.230. The second-order valence-corrected chi connectivity index (χ2v) is 6.37. The number of carbonyl (C=O) groups is 1. The number of carbonyl (C=O) groups excluding carboxylic acids is 1. The van der Waals surface area contributed by atoms with Gasteiger partial charge in [-0.2, -0.15) is 0 Å². The Labute approximate surface area is 148 Å². The molecule has 1 amide bonds. The SMILES string of the molecule is CC(=O)N(C1OC(CO)C(O)C(O)C1O)C1OC(CO)C(O)C(O)C1O. The first-order valence-electron chi connectivity index (χ1n) is 8.05. The molecule has 0 aromatic carbocycles. The standard InChI is InChI=1S/C14H25NO11/c1-4(18)15(13-11(23)9(21)7(19)5(2-16)25-13)14-12(24)10(22)8(20)6(3-17)26-14/h5-14,16-17,19-24H,2-3H2,1H3. The largest absolute Gasteiger partial charge is 0.394 e. The van der Waals surface area contributed by atoms with Gasteiger partial charge in [0.15, 0.2) is 12.5 Å². The van der Waals surface area contributed by atoms with Crippen LogP contribution < -0.4 is 0 Å². The van der Waals surface area contributed by atoms with Crippen molar-refractivity contribution in [3.05, 3.63) is 0 Å². The van der Waals surface area contributed by atoms with Gasteiger partial charge in [-0.1, -0.05) is 0 Å². The van der Waals surface area contributed by atoms with Crippen molar-refractivity contribution in [2.45, 2.75) is 68.2 Å². The van der Waals surface area contributed by atoms with Crippen molar-refractivity contribution < 1.29 is 55.1 Å².